The third-order valence-corrected chi connectivity index (χ3v) is 4.07. The van der Waals surface area contributed by atoms with Crippen molar-refractivity contribution in [3.63, 3.8) is 0 Å². The summed E-state index contributed by atoms with van der Waals surface area (Å²) >= 11 is 0. The maximum absolute atomic E-state index is 12.9. The third kappa shape index (κ3) is 1.31. The van der Waals surface area contributed by atoms with Crippen molar-refractivity contribution in [2.24, 2.45) is 10.9 Å². The Morgan fingerprint density at radius 2 is 2.00 bits per heavy atom. The zero-order valence-corrected chi connectivity index (χ0v) is 11.4. The number of aliphatic imine (C=N–C) groups is 1. The number of carbonyl (C=O) groups excluding carboxylic acids is 1. The molecular formula is C16H10N5O+. The second-order valence-corrected chi connectivity index (χ2v) is 5.28. The van der Waals surface area contributed by atoms with Crippen molar-refractivity contribution in [3.8, 4) is 0 Å². The first-order valence-electron chi connectivity index (χ1n) is 6.99. The summed E-state index contributed by atoms with van der Waals surface area (Å²) in [6.45, 7) is 0. The van der Waals surface area contributed by atoms with Crippen LogP contribution in [0.15, 0.2) is 59.9 Å². The Kier molecular flexibility index (Phi) is 2.06. The van der Waals surface area contributed by atoms with E-state index < -0.39 is 0 Å². The number of aromatic nitrogens is 4. The Labute approximate surface area is 124 Å². The van der Waals surface area contributed by atoms with Crippen molar-refractivity contribution < 1.29 is 9.48 Å². The monoisotopic (exact) mass is 288 g/mol. The fraction of sp³-hybridized carbons (Fsp3) is 0.0625. The quantitative estimate of drug-likeness (QED) is 0.591. The molecule has 2 aliphatic rings. The Morgan fingerprint density at radius 1 is 1.14 bits per heavy atom. The molecule has 22 heavy (non-hydrogen) atoms. The van der Waals surface area contributed by atoms with E-state index in [-0.39, 0.29) is 11.8 Å². The van der Waals surface area contributed by atoms with Gasteiger partial charge >= 0.3 is 11.7 Å². The van der Waals surface area contributed by atoms with Crippen molar-refractivity contribution in [2.75, 3.05) is 0 Å². The van der Waals surface area contributed by atoms with E-state index in [2.05, 4.69) is 10.2 Å². The molecule has 1 unspecified atom stereocenters. The summed E-state index contributed by atoms with van der Waals surface area (Å²) in [6, 6.07) is 7.80. The van der Waals surface area contributed by atoms with Crippen molar-refractivity contribution >= 4 is 33.9 Å². The molecule has 0 saturated heterocycles. The summed E-state index contributed by atoms with van der Waals surface area (Å²) in [4.78, 5) is 17.6. The van der Waals surface area contributed by atoms with E-state index in [1.807, 2.05) is 48.6 Å². The van der Waals surface area contributed by atoms with E-state index in [0.717, 1.165) is 16.5 Å². The highest BCUT2D eigenvalue weighted by Crippen LogP contribution is 2.29. The predicted octanol–water partition coefficient (Wildman–Crippen LogP) is 1.64. The van der Waals surface area contributed by atoms with Crippen LogP contribution in [0.3, 0.4) is 0 Å². The Balaban J connectivity index is 2.01. The molecule has 6 heteroatoms. The van der Waals surface area contributed by atoms with Crippen LogP contribution in [-0.2, 0) is 0 Å². The molecule has 104 valence electrons. The molecule has 0 amide bonds. The van der Waals surface area contributed by atoms with Crippen LogP contribution in [0.5, 0.6) is 0 Å². The van der Waals surface area contributed by atoms with Crippen LogP contribution in [-0.4, -0.2) is 26.3 Å². The number of fused-ring (bicyclic) bond motifs is 7. The molecule has 3 aromatic rings. The molecular weight excluding hydrogens is 278 g/mol. The van der Waals surface area contributed by atoms with Crippen LogP contribution in [0.1, 0.15) is 4.79 Å². The molecule has 0 saturated carbocycles. The van der Waals surface area contributed by atoms with Crippen LogP contribution in [0.4, 0.5) is 5.82 Å². The van der Waals surface area contributed by atoms with Gasteiger partial charge in [-0.05, 0) is 17.1 Å². The van der Waals surface area contributed by atoms with Crippen molar-refractivity contribution in [2.45, 2.75) is 0 Å². The fourth-order valence-electron chi connectivity index (χ4n) is 3.06. The first-order valence-corrected chi connectivity index (χ1v) is 6.99. The summed E-state index contributed by atoms with van der Waals surface area (Å²) in [5.41, 5.74) is 1.42. The van der Waals surface area contributed by atoms with Gasteiger partial charge in [0.1, 0.15) is 5.92 Å². The van der Waals surface area contributed by atoms with E-state index in [4.69, 9.17) is 4.99 Å². The van der Waals surface area contributed by atoms with Gasteiger partial charge in [-0.2, -0.15) is 0 Å². The van der Waals surface area contributed by atoms with Gasteiger partial charge in [-0.3, -0.25) is 0 Å². The van der Waals surface area contributed by atoms with Crippen molar-refractivity contribution in [3.05, 3.63) is 54.9 Å². The van der Waals surface area contributed by atoms with E-state index >= 15 is 0 Å². The zero-order valence-electron chi connectivity index (χ0n) is 11.4. The predicted molar refractivity (Wildman–Crippen MR) is 80.2 cm³/mol. The number of rotatable bonds is 0. The number of nitrogens with zero attached hydrogens (tertiary/aromatic N) is 5. The number of hydrogen-bond acceptors (Lipinski definition) is 4. The topological polar surface area (TPSA) is 63.5 Å². The lowest BCUT2D eigenvalue weighted by molar-refractivity contribution is -0.637. The van der Waals surface area contributed by atoms with Crippen molar-refractivity contribution in [1.29, 1.82) is 0 Å². The SMILES string of the molecule is O=C1C2C=CC=CC2=Nc2c3ccccc3c3nncn3[n+]21. The average Bonchev–Trinajstić information content (AvgIpc) is 3.05. The van der Waals surface area contributed by atoms with Crippen LogP contribution in [0, 0.1) is 5.92 Å². The minimum Gasteiger partial charge on any atom is -0.243 e. The summed E-state index contributed by atoms with van der Waals surface area (Å²) in [7, 11) is 0. The van der Waals surface area contributed by atoms with Gasteiger partial charge in [-0.1, -0.05) is 41.1 Å². The van der Waals surface area contributed by atoms with Gasteiger partial charge in [0.05, 0.1) is 5.39 Å². The summed E-state index contributed by atoms with van der Waals surface area (Å²) in [6.07, 6.45) is 9.07. The first-order chi connectivity index (χ1) is 10.8. The first kappa shape index (κ1) is 11.5. The van der Waals surface area contributed by atoms with Gasteiger partial charge in [0.25, 0.3) is 0 Å². The number of carbonyl (C=O) groups is 1. The van der Waals surface area contributed by atoms with Crippen LogP contribution in [0.2, 0.25) is 0 Å². The molecule has 0 radical (unpaired) electrons. The van der Waals surface area contributed by atoms with Crippen LogP contribution in [0.25, 0.3) is 16.4 Å². The maximum Gasteiger partial charge on any atom is 0.358 e. The lowest BCUT2D eigenvalue weighted by atomic mass is 9.96. The summed E-state index contributed by atoms with van der Waals surface area (Å²) in [5, 5.41) is 9.93. The van der Waals surface area contributed by atoms with Crippen LogP contribution >= 0.6 is 0 Å². The summed E-state index contributed by atoms with van der Waals surface area (Å²) in [5.74, 6) is 0.226. The highest BCUT2D eigenvalue weighted by molar-refractivity contribution is 6.14. The number of allylic oxidation sites excluding steroid dienone is 4. The highest BCUT2D eigenvalue weighted by Gasteiger charge is 2.40. The minimum atomic E-state index is -0.353. The molecule has 0 N–H and O–H groups in total. The Hall–Kier alpha value is -3.15. The molecule has 1 atom stereocenters. The van der Waals surface area contributed by atoms with Gasteiger partial charge in [-0.15, -0.1) is 14.7 Å². The molecule has 0 fully saturated rings. The molecule has 1 aliphatic carbocycles. The standard InChI is InChI=1S/C16H10N5O/c22-16-12-7-3-4-8-13(12)18-14-10-5-1-2-6-11(10)15-19-17-9-20(15)21(14)16/h1-9,12H/q+1. The molecule has 1 aliphatic heterocycles. The molecule has 2 aromatic heterocycles. The summed E-state index contributed by atoms with van der Waals surface area (Å²) < 4.78 is 3.24. The molecule has 0 spiro atoms. The Morgan fingerprint density at radius 3 is 2.91 bits per heavy atom. The average molecular weight is 288 g/mol. The number of benzene rings is 1. The molecule has 0 bridgehead atoms. The van der Waals surface area contributed by atoms with Crippen molar-refractivity contribution in [1.82, 2.24) is 14.7 Å². The number of hydrogen-bond donors (Lipinski definition) is 0. The third-order valence-electron chi connectivity index (χ3n) is 4.07. The van der Waals surface area contributed by atoms with Crippen LogP contribution < -0.4 is 4.68 Å². The van der Waals surface area contributed by atoms with Gasteiger partial charge in [0.2, 0.25) is 5.65 Å². The van der Waals surface area contributed by atoms with E-state index in [1.165, 1.54) is 0 Å². The zero-order chi connectivity index (χ0) is 14.7. The lowest BCUT2D eigenvalue weighted by Gasteiger charge is -2.16. The Bertz CT molecular complexity index is 1060. The largest absolute Gasteiger partial charge is 0.358 e. The van der Waals surface area contributed by atoms with Gasteiger partial charge in [-0.25, -0.2) is 4.79 Å². The van der Waals surface area contributed by atoms with E-state index in [9.17, 15) is 4.79 Å². The second kappa shape index (κ2) is 3.94. The molecule has 1 aromatic carbocycles. The highest BCUT2D eigenvalue weighted by atomic mass is 16.2. The van der Waals surface area contributed by atoms with E-state index in [1.54, 1.807) is 15.5 Å². The molecule has 6 nitrogen and oxygen atoms in total. The molecule has 3 heterocycles. The second-order valence-electron chi connectivity index (χ2n) is 5.28. The fourth-order valence-corrected chi connectivity index (χ4v) is 3.06. The molecule has 5 rings (SSSR count). The smallest absolute Gasteiger partial charge is 0.243 e. The normalized spacial score (nSPS) is 19.4. The van der Waals surface area contributed by atoms with Gasteiger partial charge in [0.15, 0.2) is 12.0 Å². The lowest BCUT2D eigenvalue weighted by Crippen LogP contribution is -2.56. The maximum atomic E-state index is 12.9. The van der Waals surface area contributed by atoms with Gasteiger partial charge in [0, 0.05) is 5.39 Å². The van der Waals surface area contributed by atoms with Gasteiger partial charge < -0.3 is 0 Å². The van der Waals surface area contributed by atoms with E-state index in [0.29, 0.717) is 11.5 Å². The minimum absolute atomic E-state index is 0.0452.